The van der Waals surface area contributed by atoms with Crippen LogP contribution >= 0.6 is 0 Å². The summed E-state index contributed by atoms with van der Waals surface area (Å²) < 4.78 is 5.53. The number of hydrogen-bond acceptors (Lipinski definition) is 3. The number of pyridine rings is 1. The summed E-state index contributed by atoms with van der Waals surface area (Å²) in [5.41, 5.74) is 8.11. The minimum atomic E-state index is -0.662. The third kappa shape index (κ3) is 2.58. The topological polar surface area (TPSA) is 81.0 Å². The van der Waals surface area contributed by atoms with E-state index in [9.17, 15) is 4.79 Å². The van der Waals surface area contributed by atoms with Gasteiger partial charge in [-0.15, -0.1) is 0 Å². The lowest BCUT2D eigenvalue weighted by Gasteiger charge is -2.12. The Morgan fingerprint density at radius 2 is 2.19 bits per heavy atom. The molecule has 2 aromatic heterocycles. The quantitative estimate of drug-likeness (QED) is 0.771. The molecule has 0 saturated carbocycles. The maximum atomic E-state index is 11.1. The predicted molar refractivity (Wildman–Crippen MR) is 80.8 cm³/mol. The van der Waals surface area contributed by atoms with E-state index in [1.54, 1.807) is 19.2 Å². The summed E-state index contributed by atoms with van der Waals surface area (Å²) in [6.07, 6.45) is 2.95. The van der Waals surface area contributed by atoms with E-state index in [0.717, 1.165) is 22.2 Å². The molecule has 5 nitrogen and oxygen atoms in total. The van der Waals surface area contributed by atoms with Gasteiger partial charge < -0.3 is 15.5 Å². The molecular weight excluding hydrogens is 266 g/mol. The summed E-state index contributed by atoms with van der Waals surface area (Å²) in [5.74, 6) is 0.122. The van der Waals surface area contributed by atoms with Crippen LogP contribution in [0.25, 0.3) is 22.2 Å². The van der Waals surface area contributed by atoms with Crippen LogP contribution in [0.1, 0.15) is 6.92 Å². The van der Waals surface area contributed by atoms with Crippen LogP contribution in [0.2, 0.25) is 0 Å². The van der Waals surface area contributed by atoms with Crippen molar-refractivity contribution in [1.82, 2.24) is 9.97 Å². The third-order valence-electron chi connectivity index (χ3n) is 3.32. The van der Waals surface area contributed by atoms with Crippen LogP contribution in [-0.2, 0) is 4.79 Å². The van der Waals surface area contributed by atoms with Gasteiger partial charge in [0.25, 0.3) is 5.91 Å². The molecule has 3 rings (SSSR count). The van der Waals surface area contributed by atoms with E-state index in [4.69, 9.17) is 10.5 Å². The number of aromatic nitrogens is 2. The molecule has 3 aromatic rings. The highest BCUT2D eigenvalue weighted by atomic mass is 16.5. The second kappa shape index (κ2) is 5.28. The first-order valence-electron chi connectivity index (χ1n) is 6.63. The Hall–Kier alpha value is -2.82. The Morgan fingerprint density at radius 3 is 3.00 bits per heavy atom. The van der Waals surface area contributed by atoms with Crippen molar-refractivity contribution in [2.75, 3.05) is 0 Å². The number of nitrogens with one attached hydrogen (secondary N) is 1. The second-order valence-electron chi connectivity index (χ2n) is 4.79. The zero-order chi connectivity index (χ0) is 14.8. The molecule has 5 heteroatoms. The van der Waals surface area contributed by atoms with Crippen LogP contribution in [0.15, 0.2) is 48.8 Å². The van der Waals surface area contributed by atoms with E-state index in [-0.39, 0.29) is 0 Å². The van der Waals surface area contributed by atoms with Crippen LogP contribution in [0.4, 0.5) is 0 Å². The standard InChI is InChI=1S/C16H15N3O2/c1-10(15(17)20)21-12-4-2-3-11(9-12)13-5-7-18-16-14(13)6-8-19-16/h2-10H,1H3,(H2,17,20)(H,18,19). The van der Waals surface area contributed by atoms with Crippen molar-refractivity contribution < 1.29 is 9.53 Å². The fraction of sp³-hybridized carbons (Fsp3) is 0.125. The SMILES string of the molecule is CC(Oc1cccc(-c2ccnc3[nH]ccc23)c1)C(N)=O. The summed E-state index contributed by atoms with van der Waals surface area (Å²) >= 11 is 0. The first kappa shape index (κ1) is 13.2. The molecule has 0 aliphatic heterocycles. The maximum absolute atomic E-state index is 11.1. The number of nitrogens with zero attached hydrogens (tertiary/aromatic N) is 1. The molecule has 0 aliphatic rings. The third-order valence-corrected chi connectivity index (χ3v) is 3.32. The van der Waals surface area contributed by atoms with Gasteiger partial charge in [0, 0.05) is 17.8 Å². The van der Waals surface area contributed by atoms with Crippen molar-refractivity contribution in [2.24, 2.45) is 5.73 Å². The molecule has 0 fully saturated rings. The molecule has 0 radical (unpaired) electrons. The van der Waals surface area contributed by atoms with Crippen LogP contribution in [-0.4, -0.2) is 22.0 Å². The Kier molecular flexibility index (Phi) is 3.31. The van der Waals surface area contributed by atoms with Gasteiger partial charge in [-0.1, -0.05) is 12.1 Å². The van der Waals surface area contributed by atoms with Crippen molar-refractivity contribution in [2.45, 2.75) is 13.0 Å². The number of amides is 1. The lowest BCUT2D eigenvalue weighted by atomic mass is 10.0. The monoisotopic (exact) mass is 281 g/mol. The molecule has 2 heterocycles. The Morgan fingerprint density at radius 1 is 1.33 bits per heavy atom. The average Bonchev–Trinajstić information content (AvgIpc) is 2.95. The van der Waals surface area contributed by atoms with Gasteiger partial charge in [-0.3, -0.25) is 4.79 Å². The van der Waals surface area contributed by atoms with Crippen LogP contribution in [0.5, 0.6) is 5.75 Å². The lowest BCUT2D eigenvalue weighted by molar-refractivity contribution is -0.123. The first-order valence-corrected chi connectivity index (χ1v) is 6.63. The molecule has 3 N–H and O–H groups in total. The molecule has 0 saturated heterocycles. The number of ether oxygens (including phenoxy) is 1. The fourth-order valence-corrected chi connectivity index (χ4v) is 2.21. The average molecular weight is 281 g/mol. The number of H-pyrrole nitrogens is 1. The van der Waals surface area contributed by atoms with Gasteiger partial charge in [-0.05, 0) is 42.3 Å². The number of carbonyl (C=O) groups is 1. The Balaban J connectivity index is 2.00. The van der Waals surface area contributed by atoms with Gasteiger partial charge in [0.05, 0.1) is 0 Å². The van der Waals surface area contributed by atoms with E-state index < -0.39 is 12.0 Å². The molecule has 1 atom stereocenters. The molecule has 1 aromatic carbocycles. The predicted octanol–water partition coefficient (Wildman–Crippen LogP) is 2.48. The van der Waals surface area contributed by atoms with Gasteiger partial charge in [-0.2, -0.15) is 0 Å². The van der Waals surface area contributed by atoms with Gasteiger partial charge >= 0.3 is 0 Å². The molecule has 0 spiro atoms. The number of carbonyl (C=O) groups excluding carboxylic acids is 1. The van der Waals surface area contributed by atoms with Crippen molar-refractivity contribution >= 4 is 16.9 Å². The van der Waals surface area contributed by atoms with E-state index in [2.05, 4.69) is 9.97 Å². The van der Waals surface area contributed by atoms with E-state index in [1.165, 1.54) is 0 Å². The van der Waals surface area contributed by atoms with E-state index in [0.29, 0.717) is 5.75 Å². The zero-order valence-electron chi connectivity index (χ0n) is 11.5. The highest BCUT2D eigenvalue weighted by Crippen LogP contribution is 2.29. The fourth-order valence-electron chi connectivity index (χ4n) is 2.21. The summed E-state index contributed by atoms with van der Waals surface area (Å²) in [6.45, 7) is 1.63. The van der Waals surface area contributed by atoms with E-state index in [1.807, 2.05) is 36.5 Å². The first-order chi connectivity index (χ1) is 10.1. The molecule has 21 heavy (non-hydrogen) atoms. The van der Waals surface area contributed by atoms with Crippen molar-refractivity contribution in [3.05, 3.63) is 48.8 Å². The number of aromatic amines is 1. The smallest absolute Gasteiger partial charge is 0.258 e. The number of benzene rings is 1. The number of hydrogen-bond donors (Lipinski definition) is 2. The van der Waals surface area contributed by atoms with Crippen molar-refractivity contribution in [3.8, 4) is 16.9 Å². The summed E-state index contributed by atoms with van der Waals surface area (Å²) in [7, 11) is 0. The van der Waals surface area contributed by atoms with Gasteiger partial charge in [0.1, 0.15) is 11.4 Å². The molecule has 0 bridgehead atoms. The van der Waals surface area contributed by atoms with Crippen LogP contribution in [0, 0.1) is 0 Å². The van der Waals surface area contributed by atoms with E-state index >= 15 is 0 Å². The minimum Gasteiger partial charge on any atom is -0.481 e. The molecule has 106 valence electrons. The minimum absolute atomic E-state index is 0.489. The molecular formula is C16H15N3O2. The number of fused-ring (bicyclic) bond motifs is 1. The highest BCUT2D eigenvalue weighted by Gasteiger charge is 2.11. The Bertz CT molecular complexity index is 795. The molecule has 1 unspecified atom stereocenters. The van der Waals surface area contributed by atoms with Gasteiger partial charge in [0.15, 0.2) is 6.10 Å². The number of nitrogens with two attached hydrogens (primary N) is 1. The number of primary amides is 1. The highest BCUT2D eigenvalue weighted by molar-refractivity contribution is 5.93. The normalized spacial score (nSPS) is 12.2. The van der Waals surface area contributed by atoms with Crippen molar-refractivity contribution in [1.29, 1.82) is 0 Å². The van der Waals surface area contributed by atoms with Gasteiger partial charge in [0.2, 0.25) is 0 Å². The largest absolute Gasteiger partial charge is 0.481 e. The molecule has 1 amide bonds. The Labute approximate surface area is 121 Å². The van der Waals surface area contributed by atoms with Gasteiger partial charge in [-0.25, -0.2) is 4.98 Å². The second-order valence-corrected chi connectivity index (χ2v) is 4.79. The summed E-state index contributed by atoms with van der Waals surface area (Å²) in [6, 6.07) is 11.5. The zero-order valence-corrected chi connectivity index (χ0v) is 11.5. The summed E-state index contributed by atoms with van der Waals surface area (Å²) in [5, 5.41) is 1.04. The molecule has 0 aliphatic carbocycles. The maximum Gasteiger partial charge on any atom is 0.258 e. The number of rotatable bonds is 4. The lowest BCUT2D eigenvalue weighted by Crippen LogP contribution is -2.30. The van der Waals surface area contributed by atoms with Crippen molar-refractivity contribution in [3.63, 3.8) is 0 Å². The van der Waals surface area contributed by atoms with Crippen LogP contribution in [0.3, 0.4) is 0 Å². The summed E-state index contributed by atoms with van der Waals surface area (Å²) in [4.78, 5) is 18.4. The van der Waals surface area contributed by atoms with Crippen LogP contribution < -0.4 is 10.5 Å².